The number of anilines is 1. The third-order valence-electron chi connectivity index (χ3n) is 3.89. The van der Waals surface area contributed by atoms with Gasteiger partial charge in [-0.2, -0.15) is 0 Å². The Labute approximate surface area is 124 Å². The number of halogens is 1. The molecular weight excluding hydrogens is 270 g/mol. The van der Waals surface area contributed by atoms with Crippen LogP contribution in [0.1, 0.15) is 37.3 Å². The van der Waals surface area contributed by atoms with E-state index in [0.29, 0.717) is 16.8 Å². The maximum Gasteiger partial charge on any atom is 0.163 e. The Bertz CT molecular complexity index is 606. The summed E-state index contributed by atoms with van der Waals surface area (Å²) in [6, 6.07) is 9.80. The van der Waals surface area contributed by atoms with E-state index in [-0.39, 0.29) is 0 Å². The molecule has 2 aromatic rings. The average Bonchev–Trinajstić information content (AvgIpc) is 3.01. The Balaban J connectivity index is 2.06. The molecule has 0 radical (unpaired) electrons. The molecule has 1 N–H and O–H groups in total. The Hall–Kier alpha value is -1.61. The maximum absolute atomic E-state index is 6.27. The minimum absolute atomic E-state index is 0.561. The van der Waals surface area contributed by atoms with Gasteiger partial charge in [0.2, 0.25) is 0 Å². The van der Waals surface area contributed by atoms with Gasteiger partial charge in [0.25, 0.3) is 0 Å². The fourth-order valence-electron chi connectivity index (χ4n) is 2.79. The second-order valence-corrected chi connectivity index (χ2v) is 5.62. The second kappa shape index (κ2) is 5.80. The summed E-state index contributed by atoms with van der Waals surface area (Å²) in [5.41, 5.74) is 2.03. The normalized spacial score (nSPS) is 15.5. The molecule has 0 spiro atoms. The molecule has 0 atom stereocenters. The molecule has 1 fully saturated rings. The quantitative estimate of drug-likeness (QED) is 0.903. The summed E-state index contributed by atoms with van der Waals surface area (Å²) < 4.78 is 0. The van der Waals surface area contributed by atoms with Crippen molar-refractivity contribution in [2.75, 3.05) is 12.4 Å². The van der Waals surface area contributed by atoms with Gasteiger partial charge < -0.3 is 5.32 Å². The predicted molar refractivity (Wildman–Crippen MR) is 83.2 cm³/mol. The number of hydrogen-bond acceptors (Lipinski definition) is 3. The van der Waals surface area contributed by atoms with Crippen LogP contribution >= 0.6 is 11.6 Å². The molecule has 1 saturated carbocycles. The van der Waals surface area contributed by atoms with E-state index in [9.17, 15) is 0 Å². The predicted octanol–water partition coefficient (Wildman–Crippen LogP) is 4.50. The summed E-state index contributed by atoms with van der Waals surface area (Å²) in [6.07, 6.45) is 5.04. The van der Waals surface area contributed by atoms with Crippen LogP contribution in [0.5, 0.6) is 0 Å². The van der Waals surface area contributed by atoms with Crippen molar-refractivity contribution in [3.8, 4) is 11.4 Å². The smallest absolute Gasteiger partial charge is 0.163 e. The van der Waals surface area contributed by atoms with Crippen LogP contribution in [0.15, 0.2) is 30.3 Å². The molecule has 0 unspecified atom stereocenters. The number of hydrogen-bond donors (Lipinski definition) is 1. The average molecular weight is 288 g/mol. The van der Waals surface area contributed by atoms with E-state index < -0.39 is 0 Å². The van der Waals surface area contributed by atoms with Crippen molar-refractivity contribution in [2.24, 2.45) is 0 Å². The van der Waals surface area contributed by atoms with Crippen molar-refractivity contribution in [3.63, 3.8) is 0 Å². The number of rotatable bonds is 3. The minimum atomic E-state index is 0.561. The number of benzene rings is 1. The lowest BCUT2D eigenvalue weighted by atomic mass is 10.0. The lowest BCUT2D eigenvalue weighted by molar-refractivity contribution is 0.696. The van der Waals surface area contributed by atoms with Crippen molar-refractivity contribution in [1.82, 2.24) is 9.97 Å². The molecule has 3 rings (SSSR count). The number of nitrogens with zero attached hydrogens (tertiary/aromatic N) is 2. The van der Waals surface area contributed by atoms with Gasteiger partial charge in [0, 0.05) is 30.3 Å². The fraction of sp³-hybridized carbons (Fsp3) is 0.375. The first-order valence-electron chi connectivity index (χ1n) is 7.09. The van der Waals surface area contributed by atoms with Gasteiger partial charge in [-0.15, -0.1) is 0 Å². The van der Waals surface area contributed by atoms with Crippen LogP contribution in [0, 0.1) is 0 Å². The molecule has 1 aromatic carbocycles. The SMILES string of the molecule is CNc1cc(C2CCCC2)nc(-c2ccccc2Cl)n1. The lowest BCUT2D eigenvalue weighted by Gasteiger charge is -2.13. The maximum atomic E-state index is 6.27. The van der Waals surface area contributed by atoms with Gasteiger partial charge in [-0.25, -0.2) is 9.97 Å². The van der Waals surface area contributed by atoms with Crippen LogP contribution in [0.25, 0.3) is 11.4 Å². The molecule has 3 nitrogen and oxygen atoms in total. The summed E-state index contributed by atoms with van der Waals surface area (Å²) in [5.74, 6) is 2.13. The summed E-state index contributed by atoms with van der Waals surface area (Å²) in [7, 11) is 1.89. The molecule has 0 aliphatic heterocycles. The highest BCUT2D eigenvalue weighted by Crippen LogP contribution is 2.35. The van der Waals surface area contributed by atoms with Crippen molar-refractivity contribution < 1.29 is 0 Å². The summed E-state index contributed by atoms with van der Waals surface area (Å²) in [6.45, 7) is 0. The zero-order chi connectivity index (χ0) is 13.9. The first-order chi connectivity index (χ1) is 9.78. The first kappa shape index (κ1) is 13.4. The van der Waals surface area contributed by atoms with Gasteiger partial charge in [0.05, 0.1) is 5.02 Å². The fourth-order valence-corrected chi connectivity index (χ4v) is 3.01. The summed E-state index contributed by atoms with van der Waals surface area (Å²) >= 11 is 6.27. The third kappa shape index (κ3) is 2.63. The minimum Gasteiger partial charge on any atom is -0.373 e. The summed E-state index contributed by atoms with van der Waals surface area (Å²) in [4.78, 5) is 9.31. The van der Waals surface area contributed by atoms with E-state index in [4.69, 9.17) is 16.6 Å². The first-order valence-corrected chi connectivity index (χ1v) is 7.47. The number of nitrogens with one attached hydrogen (secondary N) is 1. The van der Waals surface area contributed by atoms with E-state index in [1.807, 2.05) is 31.3 Å². The molecule has 1 heterocycles. The van der Waals surface area contributed by atoms with Gasteiger partial charge in [0.15, 0.2) is 5.82 Å². The largest absolute Gasteiger partial charge is 0.373 e. The van der Waals surface area contributed by atoms with Gasteiger partial charge >= 0.3 is 0 Å². The van der Waals surface area contributed by atoms with Crippen LogP contribution in [-0.4, -0.2) is 17.0 Å². The van der Waals surface area contributed by atoms with E-state index in [0.717, 1.165) is 17.1 Å². The molecule has 0 amide bonds. The molecule has 1 aliphatic rings. The van der Waals surface area contributed by atoms with Crippen molar-refractivity contribution in [3.05, 3.63) is 41.0 Å². The molecule has 1 aromatic heterocycles. The Morgan fingerprint density at radius 1 is 1.15 bits per heavy atom. The van der Waals surface area contributed by atoms with Crippen LogP contribution < -0.4 is 5.32 Å². The lowest BCUT2D eigenvalue weighted by Crippen LogP contribution is -2.04. The van der Waals surface area contributed by atoms with E-state index in [1.54, 1.807) is 0 Å². The standard InChI is InChI=1S/C16H18ClN3/c1-18-15-10-14(11-6-2-3-7-11)19-16(20-15)12-8-4-5-9-13(12)17/h4-5,8-11H,2-3,6-7H2,1H3,(H,18,19,20). The van der Waals surface area contributed by atoms with Gasteiger partial charge in [0.1, 0.15) is 5.82 Å². The van der Waals surface area contributed by atoms with Crippen molar-refractivity contribution in [2.45, 2.75) is 31.6 Å². The summed E-state index contributed by atoms with van der Waals surface area (Å²) in [5, 5.41) is 3.82. The van der Waals surface area contributed by atoms with Crippen molar-refractivity contribution in [1.29, 1.82) is 0 Å². The zero-order valence-corrected chi connectivity index (χ0v) is 12.3. The Morgan fingerprint density at radius 3 is 2.60 bits per heavy atom. The molecule has 1 aliphatic carbocycles. The van der Waals surface area contributed by atoms with E-state index in [1.165, 1.54) is 25.7 Å². The van der Waals surface area contributed by atoms with Gasteiger partial charge in [-0.05, 0) is 25.0 Å². The monoisotopic (exact) mass is 287 g/mol. The highest BCUT2D eigenvalue weighted by Gasteiger charge is 2.20. The van der Waals surface area contributed by atoms with Crippen LogP contribution in [0.3, 0.4) is 0 Å². The van der Waals surface area contributed by atoms with Crippen LogP contribution in [0.4, 0.5) is 5.82 Å². The molecular formula is C16H18ClN3. The highest BCUT2D eigenvalue weighted by molar-refractivity contribution is 6.33. The Morgan fingerprint density at radius 2 is 1.90 bits per heavy atom. The van der Waals surface area contributed by atoms with Crippen molar-refractivity contribution >= 4 is 17.4 Å². The third-order valence-corrected chi connectivity index (χ3v) is 4.22. The van der Waals surface area contributed by atoms with Gasteiger partial charge in [-0.3, -0.25) is 0 Å². The topological polar surface area (TPSA) is 37.8 Å². The molecule has 104 valence electrons. The van der Waals surface area contributed by atoms with E-state index >= 15 is 0 Å². The molecule has 0 saturated heterocycles. The van der Waals surface area contributed by atoms with Crippen LogP contribution in [0.2, 0.25) is 5.02 Å². The molecule has 0 bridgehead atoms. The Kier molecular flexibility index (Phi) is 3.88. The van der Waals surface area contributed by atoms with Gasteiger partial charge in [-0.1, -0.05) is 36.6 Å². The number of aromatic nitrogens is 2. The zero-order valence-electron chi connectivity index (χ0n) is 11.6. The molecule has 20 heavy (non-hydrogen) atoms. The molecule has 4 heteroatoms. The van der Waals surface area contributed by atoms with Crippen LogP contribution in [-0.2, 0) is 0 Å². The van der Waals surface area contributed by atoms with E-state index in [2.05, 4.69) is 16.4 Å². The highest BCUT2D eigenvalue weighted by atomic mass is 35.5. The second-order valence-electron chi connectivity index (χ2n) is 5.21.